The summed E-state index contributed by atoms with van der Waals surface area (Å²) in [6.45, 7) is 0. The summed E-state index contributed by atoms with van der Waals surface area (Å²) in [5, 5.41) is 0.703. The van der Waals surface area contributed by atoms with E-state index < -0.39 is 0 Å². The molecule has 1 aromatic heterocycles. The van der Waals surface area contributed by atoms with E-state index in [1.54, 1.807) is 24.3 Å². The molecule has 0 saturated heterocycles. The highest BCUT2D eigenvalue weighted by Crippen LogP contribution is 2.31. The van der Waals surface area contributed by atoms with E-state index in [0.717, 1.165) is 4.47 Å². The second kappa shape index (κ2) is 5.69. The van der Waals surface area contributed by atoms with Crippen LogP contribution in [0, 0.1) is 5.82 Å². The van der Waals surface area contributed by atoms with Crippen LogP contribution in [0.1, 0.15) is 0 Å². The SMILES string of the molecule is NC(N)=Nc1nc(-c2ccccc2F)c2cc(Br)ccc2n1. The van der Waals surface area contributed by atoms with Gasteiger partial charge in [0.25, 0.3) is 5.95 Å². The maximum absolute atomic E-state index is 14.1. The Kier molecular flexibility index (Phi) is 3.72. The highest BCUT2D eigenvalue weighted by molar-refractivity contribution is 9.10. The normalized spacial score (nSPS) is 10.6. The zero-order valence-corrected chi connectivity index (χ0v) is 12.9. The summed E-state index contributed by atoms with van der Waals surface area (Å²) in [6.07, 6.45) is 0. The number of nitrogens with zero attached hydrogens (tertiary/aromatic N) is 3. The van der Waals surface area contributed by atoms with Crippen molar-refractivity contribution in [2.24, 2.45) is 16.5 Å². The van der Waals surface area contributed by atoms with Gasteiger partial charge < -0.3 is 11.5 Å². The number of guanidine groups is 1. The molecule has 1 heterocycles. The van der Waals surface area contributed by atoms with Crippen LogP contribution in [0.3, 0.4) is 0 Å². The van der Waals surface area contributed by atoms with Gasteiger partial charge in [0.1, 0.15) is 5.82 Å². The van der Waals surface area contributed by atoms with Gasteiger partial charge in [-0.3, -0.25) is 0 Å². The molecule has 0 unspecified atom stereocenters. The van der Waals surface area contributed by atoms with E-state index in [1.165, 1.54) is 6.07 Å². The van der Waals surface area contributed by atoms with Crippen molar-refractivity contribution in [3.8, 4) is 11.3 Å². The molecule has 0 radical (unpaired) electrons. The van der Waals surface area contributed by atoms with Gasteiger partial charge in [-0.15, -0.1) is 0 Å². The largest absolute Gasteiger partial charge is 0.370 e. The lowest BCUT2D eigenvalue weighted by Gasteiger charge is -2.08. The van der Waals surface area contributed by atoms with Crippen molar-refractivity contribution in [1.82, 2.24) is 9.97 Å². The lowest BCUT2D eigenvalue weighted by molar-refractivity contribution is 0.631. The van der Waals surface area contributed by atoms with E-state index >= 15 is 0 Å². The highest BCUT2D eigenvalue weighted by Gasteiger charge is 2.13. The first-order valence-corrected chi connectivity index (χ1v) is 7.16. The Bertz CT molecular complexity index is 890. The first-order valence-electron chi connectivity index (χ1n) is 6.36. The monoisotopic (exact) mass is 359 g/mol. The molecule has 3 rings (SSSR count). The van der Waals surface area contributed by atoms with Crippen LogP contribution in [-0.2, 0) is 0 Å². The fourth-order valence-electron chi connectivity index (χ4n) is 2.11. The van der Waals surface area contributed by atoms with Gasteiger partial charge in [0.15, 0.2) is 5.96 Å². The van der Waals surface area contributed by atoms with Crippen molar-refractivity contribution < 1.29 is 4.39 Å². The van der Waals surface area contributed by atoms with E-state index in [9.17, 15) is 4.39 Å². The van der Waals surface area contributed by atoms with E-state index in [-0.39, 0.29) is 17.7 Å². The third-order valence-electron chi connectivity index (χ3n) is 3.00. The number of benzene rings is 2. The molecule has 5 nitrogen and oxygen atoms in total. The summed E-state index contributed by atoms with van der Waals surface area (Å²) in [5.41, 5.74) is 12.2. The van der Waals surface area contributed by atoms with Crippen molar-refractivity contribution in [3.05, 3.63) is 52.8 Å². The zero-order valence-electron chi connectivity index (χ0n) is 11.3. The number of aliphatic imine (C=N–C) groups is 1. The van der Waals surface area contributed by atoms with Gasteiger partial charge in [-0.05, 0) is 30.3 Å². The van der Waals surface area contributed by atoms with Crippen molar-refractivity contribution in [2.45, 2.75) is 0 Å². The fraction of sp³-hybridized carbons (Fsp3) is 0. The van der Waals surface area contributed by atoms with Crippen molar-refractivity contribution >= 4 is 38.7 Å². The molecule has 0 atom stereocenters. The van der Waals surface area contributed by atoms with Gasteiger partial charge in [0.05, 0.1) is 11.2 Å². The summed E-state index contributed by atoms with van der Waals surface area (Å²) < 4.78 is 15.0. The number of halogens is 2. The van der Waals surface area contributed by atoms with Crippen molar-refractivity contribution in [2.75, 3.05) is 0 Å². The minimum Gasteiger partial charge on any atom is -0.370 e. The smallest absolute Gasteiger partial charge is 0.253 e. The molecule has 0 aliphatic carbocycles. The van der Waals surface area contributed by atoms with Gasteiger partial charge in [0.2, 0.25) is 0 Å². The average Bonchev–Trinajstić information content (AvgIpc) is 2.47. The first-order chi connectivity index (χ1) is 10.5. The van der Waals surface area contributed by atoms with Gasteiger partial charge >= 0.3 is 0 Å². The van der Waals surface area contributed by atoms with Gasteiger partial charge in [0, 0.05) is 15.4 Å². The number of aromatic nitrogens is 2. The van der Waals surface area contributed by atoms with Gasteiger partial charge in [-0.1, -0.05) is 28.1 Å². The number of fused-ring (bicyclic) bond motifs is 1. The molecule has 2 aromatic carbocycles. The van der Waals surface area contributed by atoms with Crippen LogP contribution in [0.15, 0.2) is 51.9 Å². The van der Waals surface area contributed by atoms with Crippen LogP contribution in [0.25, 0.3) is 22.2 Å². The minimum atomic E-state index is -0.377. The molecule has 22 heavy (non-hydrogen) atoms. The molecule has 0 spiro atoms. The molecule has 0 fully saturated rings. The van der Waals surface area contributed by atoms with E-state index in [0.29, 0.717) is 22.2 Å². The van der Waals surface area contributed by atoms with E-state index in [4.69, 9.17) is 11.5 Å². The second-order valence-electron chi connectivity index (χ2n) is 4.55. The molecule has 110 valence electrons. The lowest BCUT2D eigenvalue weighted by Crippen LogP contribution is -2.22. The molecule has 7 heteroatoms. The third kappa shape index (κ3) is 2.75. The summed E-state index contributed by atoms with van der Waals surface area (Å²) >= 11 is 3.40. The quantitative estimate of drug-likeness (QED) is 0.543. The maximum Gasteiger partial charge on any atom is 0.253 e. The van der Waals surface area contributed by atoms with Crippen LogP contribution in [0.5, 0.6) is 0 Å². The first kappa shape index (κ1) is 14.4. The minimum absolute atomic E-state index is 0.0908. The van der Waals surface area contributed by atoms with Crippen LogP contribution in [0.2, 0.25) is 0 Å². The maximum atomic E-state index is 14.1. The Morgan fingerprint density at radius 3 is 2.59 bits per heavy atom. The Morgan fingerprint density at radius 2 is 1.86 bits per heavy atom. The second-order valence-corrected chi connectivity index (χ2v) is 5.47. The number of nitrogens with two attached hydrogens (primary N) is 2. The lowest BCUT2D eigenvalue weighted by atomic mass is 10.1. The molecule has 3 aromatic rings. The Morgan fingerprint density at radius 1 is 1.09 bits per heavy atom. The van der Waals surface area contributed by atoms with Crippen molar-refractivity contribution in [1.29, 1.82) is 0 Å². The average molecular weight is 360 g/mol. The Hall–Kier alpha value is -2.54. The third-order valence-corrected chi connectivity index (χ3v) is 3.50. The Labute approximate surface area is 134 Å². The Balaban J connectivity index is 2.37. The van der Waals surface area contributed by atoms with Crippen molar-refractivity contribution in [3.63, 3.8) is 0 Å². The highest BCUT2D eigenvalue weighted by atomic mass is 79.9. The van der Waals surface area contributed by atoms with E-state index in [1.807, 2.05) is 12.1 Å². The molecular formula is C15H11BrFN5. The molecule has 0 amide bonds. The molecule has 4 N–H and O–H groups in total. The molecular weight excluding hydrogens is 349 g/mol. The molecule has 0 aliphatic heterocycles. The number of hydrogen-bond donors (Lipinski definition) is 2. The summed E-state index contributed by atoms with van der Waals surface area (Å²) in [4.78, 5) is 12.4. The van der Waals surface area contributed by atoms with Crippen LogP contribution < -0.4 is 11.5 Å². The number of hydrogen-bond acceptors (Lipinski definition) is 3. The van der Waals surface area contributed by atoms with Crippen LogP contribution in [0.4, 0.5) is 10.3 Å². The predicted octanol–water partition coefficient (Wildman–Crippen LogP) is 3.10. The van der Waals surface area contributed by atoms with E-state index in [2.05, 4.69) is 30.9 Å². The topological polar surface area (TPSA) is 90.2 Å². The predicted molar refractivity (Wildman–Crippen MR) is 88.1 cm³/mol. The van der Waals surface area contributed by atoms with Crippen LogP contribution >= 0.6 is 15.9 Å². The summed E-state index contributed by atoms with van der Waals surface area (Å²) in [7, 11) is 0. The fourth-order valence-corrected chi connectivity index (χ4v) is 2.47. The van der Waals surface area contributed by atoms with Gasteiger partial charge in [-0.25, -0.2) is 14.4 Å². The standard InChI is InChI=1S/C15H11BrFN5/c16-8-5-6-12-10(7-8)13(9-3-1-2-4-11(9)17)21-15(20-12)22-14(18)19/h1-7H,(H4,18,19,20,21,22). The number of rotatable bonds is 2. The van der Waals surface area contributed by atoms with Gasteiger partial charge in [-0.2, -0.15) is 4.99 Å². The molecule has 0 aliphatic rings. The summed E-state index contributed by atoms with van der Waals surface area (Å²) in [5.74, 6) is -0.442. The van der Waals surface area contributed by atoms with Crippen LogP contribution in [-0.4, -0.2) is 15.9 Å². The summed E-state index contributed by atoms with van der Waals surface area (Å²) in [6, 6.07) is 11.8. The zero-order chi connectivity index (χ0) is 15.7. The molecule has 0 saturated carbocycles. The molecule has 0 bridgehead atoms.